The highest BCUT2D eigenvalue weighted by Gasteiger charge is 2.53. The summed E-state index contributed by atoms with van der Waals surface area (Å²) >= 11 is 0. The minimum absolute atomic E-state index is 0.449. The molecular formula is C46H29N. The molecule has 0 amide bonds. The van der Waals surface area contributed by atoms with Crippen LogP contribution >= 0.6 is 0 Å². The molecule has 1 spiro atoms. The maximum atomic E-state index is 5.55. The van der Waals surface area contributed by atoms with Gasteiger partial charge in [0.1, 0.15) is 0 Å². The lowest BCUT2D eigenvalue weighted by Gasteiger charge is -2.31. The number of para-hydroxylation sites is 1. The van der Waals surface area contributed by atoms with Crippen LogP contribution in [0.5, 0.6) is 0 Å². The van der Waals surface area contributed by atoms with Crippen molar-refractivity contribution in [2.45, 2.75) is 5.41 Å². The van der Waals surface area contributed by atoms with Crippen LogP contribution in [0, 0.1) is 0 Å². The van der Waals surface area contributed by atoms with Crippen molar-refractivity contribution in [3.8, 4) is 55.8 Å². The first-order chi connectivity index (χ1) is 23.3. The van der Waals surface area contributed by atoms with Crippen LogP contribution in [0.25, 0.3) is 66.7 Å². The summed E-state index contributed by atoms with van der Waals surface area (Å²) in [6.07, 6.45) is 0. The minimum Gasteiger partial charge on any atom is -0.247 e. The van der Waals surface area contributed by atoms with Gasteiger partial charge in [-0.2, -0.15) is 0 Å². The number of hydrogen-bond donors (Lipinski definition) is 0. The van der Waals surface area contributed by atoms with Gasteiger partial charge in [0.2, 0.25) is 0 Å². The fourth-order valence-corrected chi connectivity index (χ4v) is 8.39. The Morgan fingerprint density at radius 2 is 0.809 bits per heavy atom. The van der Waals surface area contributed by atoms with E-state index in [0.717, 1.165) is 16.8 Å². The number of fused-ring (bicyclic) bond motifs is 12. The number of nitrogens with zero attached hydrogens (tertiary/aromatic N) is 1. The molecule has 7 aromatic carbocycles. The molecule has 0 bridgehead atoms. The van der Waals surface area contributed by atoms with Gasteiger partial charge in [0.05, 0.1) is 16.6 Å². The van der Waals surface area contributed by atoms with Gasteiger partial charge in [0, 0.05) is 16.5 Å². The van der Waals surface area contributed by atoms with Gasteiger partial charge in [-0.05, 0) is 85.5 Å². The molecule has 1 heteroatoms. The van der Waals surface area contributed by atoms with Crippen molar-refractivity contribution in [2.24, 2.45) is 0 Å². The molecule has 0 fully saturated rings. The molecule has 0 aliphatic heterocycles. The van der Waals surface area contributed by atoms with Crippen molar-refractivity contribution < 1.29 is 0 Å². The van der Waals surface area contributed by atoms with Crippen LogP contribution in [0.1, 0.15) is 22.3 Å². The van der Waals surface area contributed by atoms with Crippen molar-refractivity contribution in [1.82, 2.24) is 4.98 Å². The maximum Gasteiger partial charge on any atom is 0.0791 e. The lowest BCUT2D eigenvalue weighted by atomic mass is 9.69. The molecule has 1 heterocycles. The second-order valence-electron chi connectivity index (χ2n) is 12.6. The van der Waals surface area contributed by atoms with E-state index >= 15 is 0 Å². The third-order valence-electron chi connectivity index (χ3n) is 10.2. The first kappa shape index (κ1) is 26.2. The van der Waals surface area contributed by atoms with Gasteiger partial charge in [-0.1, -0.05) is 152 Å². The molecule has 0 N–H and O–H groups in total. The van der Waals surface area contributed by atoms with Crippen LogP contribution in [0.3, 0.4) is 0 Å². The molecule has 47 heavy (non-hydrogen) atoms. The van der Waals surface area contributed by atoms with E-state index in [1.54, 1.807) is 0 Å². The van der Waals surface area contributed by atoms with Crippen LogP contribution in [0.4, 0.5) is 0 Å². The molecule has 0 saturated heterocycles. The summed E-state index contributed by atoms with van der Waals surface area (Å²) < 4.78 is 0. The minimum atomic E-state index is -0.449. The predicted octanol–water partition coefficient (Wildman–Crippen LogP) is 11.6. The maximum absolute atomic E-state index is 5.55. The monoisotopic (exact) mass is 595 g/mol. The molecule has 0 atom stereocenters. The number of rotatable bonds is 3. The molecule has 2 aliphatic rings. The lowest BCUT2D eigenvalue weighted by Crippen LogP contribution is -2.26. The number of pyridine rings is 1. The summed E-state index contributed by atoms with van der Waals surface area (Å²) in [7, 11) is 0. The zero-order chi connectivity index (χ0) is 31.0. The van der Waals surface area contributed by atoms with Gasteiger partial charge in [0.15, 0.2) is 0 Å². The predicted molar refractivity (Wildman–Crippen MR) is 194 cm³/mol. The normalized spacial score (nSPS) is 13.3. The average molecular weight is 596 g/mol. The molecular weight excluding hydrogens is 567 g/mol. The van der Waals surface area contributed by atoms with E-state index in [1.807, 2.05) is 0 Å². The highest BCUT2D eigenvalue weighted by Crippen LogP contribution is 2.65. The van der Waals surface area contributed by atoms with E-state index < -0.39 is 5.41 Å². The second kappa shape index (κ2) is 9.97. The molecule has 1 aromatic heterocycles. The molecule has 218 valence electrons. The molecule has 1 nitrogen and oxygen atoms in total. The smallest absolute Gasteiger partial charge is 0.0791 e. The Morgan fingerprint density at radius 1 is 0.362 bits per heavy atom. The van der Waals surface area contributed by atoms with Crippen LogP contribution in [-0.2, 0) is 5.41 Å². The first-order valence-corrected chi connectivity index (χ1v) is 16.3. The summed E-state index contributed by atoms with van der Waals surface area (Å²) in [5, 5.41) is 1.21. The number of hydrogen-bond acceptors (Lipinski definition) is 1. The van der Waals surface area contributed by atoms with Crippen molar-refractivity contribution in [2.75, 3.05) is 0 Å². The van der Waals surface area contributed by atoms with Crippen molar-refractivity contribution in [1.29, 1.82) is 0 Å². The van der Waals surface area contributed by atoms with E-state index in [1.165, 1.54) is 72.1 Å². The van der Waals surface area contributed by atoms with Crippen molar-refractivity contribution in [3.63, 3.8) is 0 Å². The SMILES string of the molecule is c1ccc(-c2cc(-c3ccccc3)cc(-c3nc4ccccc4c4c3-c3ccccc3C43c4ccccc4-c4ccccc43)c2)cc1. The van der Waals surface area contributed by atoms with E-state index in [4.69, 9.17) is 4.98 Å². The van der Waals surface area contributed by atoms with Crippen molar-refractivity contribution in [3.05, 3.63) is 198 Å². The molecule has 10 rings (SSSR count). The van der Waals surface area contributed by atoms with Gasteiger partial charge in [-0.25, -0.2) is 4.98 Å². The van der Waals surface area contributed by atoms with Crippen LogP contribution < -0.4 is 0 Å². The third-order valence-corrected chi connectivity index (χ3v) is 10.2. The molecule has 2 aliphatic carbocycles. The van der Waals surface area contributed by atoms with Crippen LogP contribution in [0.2, 0.25) is 0 Å². The summed E-state index contributed by atoms with van der Waals surface area (Å²) in [6.45, 7) is 0. The fraction of sp³-hybridized carbons (Fsp3) is 0.0217. The molecule has 0 radical (unpaired) electrons. The Kier molecular flexibility index (Phi) is 5.56. The Labute approximate surface area is 274 Å². The van der Waals surface area contributed by atoms with Gasteiger partial charge in [0.25, 0.3) is 0 Å². The van der Waals surface area contributed by atoms with E-state index in [-0.39, 0.29) is 0 Å². The largest absolute Gasteiger partial charge is 0.247 e. The Bertz CT molecular complexity index is 2410. The number of benzene rings is 7. The topological polar surface area (TPSA) is 12.9 Å². The van der Waals surface area contributed by atoms with Gasteiger partial charge < -0.3 is 0 Å². The summed E-state index contributed by atoms with van der Waals surface area (Å²) in [4.78, 5) is 5.55. The lowest BCUT2D eigenvalue weighted by molar-refractivity contribution is 0.801. The van der Waals surface area contributed by atoms with E-state index in [9.17, 15) is 0 Å². The highest BCUT2D eigenvalue weighted by molar-refractivity contribution is 6.07. The van der Waals surface area contributed by atoms with E-state index in [2.05, 4.69) is 176 Å². The fourth-order valence-electron chi connectivity index (χ4n) is 8.39. The van der Waals surface area contributed by atoms with Crippen LogP contribution in [0.15, 0.2) is 176 Å². The highest BCUT2D eigenvalue weighted by atomic mass is 14.7. The zero-order valence-corrected chi connectivity index (χ0v) is 25.7. The summed E-state index contributed by atoms with van der Waals surface area (Å²) in [5.41, 5.74) is 17.9. The van der Waals surface area contributed by atoms with Crippen molar-refractivity contribution >= 4 is 10.9 Å². The Balaban J connectivity index is 1.37. The van der Waals surface area contributed by atoms with Gasteiger partial charge >= 0.3 is 0 Å². The molecule has 0 saturated carbocycles. The standard InChI is InChI=1S/C46H29N/c1-3-15-30(16-4-1)32-27-33(31-17-5-2-6-18-31)29-34(28-32)45-43-37-21-9-13-25-41(37)46(44(43)38-22-10-14-26-42(38)47-45)39-23-11-7-19-35(39)36-20-8-12-24-40(36)46/h1-29H. The Morgan fingerprint density at radius 3 is 1.40 bits per heavy atom. The second-order valence-corrected chi connectivity index (χ2v) is 12.6. The zero-order valence-electron chi connectivity index (χ0n) is 25.7. The number of aromatic nitrogens is 1. The summed E-state index contributed by atoms with van der Waals surface area (Å²) in [5.74, 6) is 0. The van der Waals surface area contributed by atoms with Gasteiger partial charge in [-0.3, -0.25) is 0 Å². The van der Waals surface area contributed by atoms with E-state index in [0.29, 0.717) is 0 Å². The van der Waals surface area contributed by atoms with Crippen LogP contribution in [-0.4, -0.2) is 4.98 Å². The quantitative estimate of drug-likeness (QED) is 0.198. The molecule has 0 unspecified atom stereocenters. The first-order valence-electron chi connectivity index (χ1n) is 16.3. The average Bonchev–Trinajstić information content (AvgIpc) is 3.63. The third kappa shape index (κ3) is 3.63. The Hall–Kier alpha value is -6.05. The summed E-state index contributed by atoms with van der Waals surface area (Å²) in [6, 6.07) is 64.2. The van der Waals surface area contributed by atoms with Gasteiger partial charge in [-0.15, -0.1) is 0 Å². The molecule has 8 aromatic rings.